The Hall–Kier alpha value is -4.07. The molecular weight excluding hydrogens is 454 g/mol. The molecule has 0 aliphatic carbocycles. The lowest BCUT2D eigenvalue weighted by atomic mass is 9.76. The van der Waals surface area contributed by atoms with Gasteiger partial charge < -0.3 is 24.1 Å². The minimum Gasteiger partial charge on any atom is -0.496 e. The van der Waals surface area contributed by atoms with Gasteiger partial charge in [0, 0.05) is 54.4 Å². The summed E-state index contributed by atoms with van der Waals surface area (Å²) < 4.78 is 7.69. The number of para-hydroxylation sites is 2. The van der Waals surface area contributed by atoms with Crippen LogP contribution in [0.25, 0.3) is 10.9 Å². The Morgan fingerprint density at radius 1 is 1.11 bits per heavy atom. The minimum atomic E-state index is -1.10. The molecule has 2 aromatic carbocycles. The van der Waals surface area contributed by atoms with Gasteiger partial charge in [-0.2, -0.15) is 0 Å². The monoisotopic (exact) mass is 483 g/mol. The molecule has 0 bridgehead atoms. The lowest BCUT2D eigenvalue weighted by Gasteiger charge is -2.51. The smallest absolute Gasteiger partial charge is 0.254 e. The maximum absolute atomic E-state index is 14.1. The molecule has 8 nitrogen and oxygen atoms in total. The van der Waals surface area contributed by atoms with Crippen LogP contribution in [0.15, 0.2) is 67.3 Å². The van der Waals surface area contributed by atoms with Crippen molar-refractivity contribution in [2.45, 2.75) is 31.3 Å². The Kier molecular flexibility index (Phi) is 5.32. The zero-order chi connectivity index (χ0) is 24.9. The third-order valence-corrected chi connectivity index (χ3v) is 7.74. The van der Waals surface area contributed by atoms with E-state index in [2.05, 4.69) is 22.1 Å². The van der Waals surface area contributed by atoms with E-state index < -0.39 is 5.54 Å². The van der Waals surface area contributed by atoms with Gasteiger partial charge in [-0.25, -0.2) is 4.98 Å². The van der Waals surface area contributed by atoms with Crippen molar-refractivity contribution in [1.82, 2.24) is 24.3 Å². The summed E-state index contributed by atoms with van der Waals surface area (Å²) >= 11 is 0. The number of carbonyl (C=O) groups is 2. The van der Waals surface area contributed by atoms with Crippen LogP contribution in [0.1, 0.15) is 36.1 Å². The van der Waals surface area contributed by atoms with E-state index in [0.29, 0.717) is 13.1 Å². The number of imidazole rings is 1. The first-order valence-electron chi connectivity index (χ1n) is 12.3. The van der Waals surface area contributed by atoms with E-state index in [-0.39, 0.29) is 24.3 Å². The molecule has 184 valence electrons. The molecule has 4 aromatic rings. The van der Waals surface area contributed by atoms with Crippen molar-refractivity contribution in [2.75, 3.05) is 26.7 Å². The van der Waals surface area contributed by atoms with E-state index in [1.807, 2.05) is 54.1 Å². The Labute approximate surface area is 209 Å². The zero-order valence-electron chi connectivity index (χ0n) is 20.5. The quantitative estimate of drug-likeness (QED) is 0.455. The van der Waals surface area contributed by atoms with Gasteiger partial charge in [0.05, 0.1) is 25.7 Å². The van der Waals surface area contributed by atoms with Gasteiger partial charge in [-0.3, -0.25) is 9.59 Å². The summed E-state index contributed by atoms with van der Waals surface area (Å²) in [5.41, 5.74) is 2.73. The molecule has 36 heavy (non-hydrogen) atoms. The lowest BCUT2D eigenvalue weighted by Crippen LogP contribution is -2.67. The van der Waals surface area contributed by atoms with Crippen molar-refractivity contribution in [3.63, 3.8) is 0 Å². The molecule has 1 unspecified atom stereocenters. The fourth-order valence-corrected chi connectivity index (χ4v) is 5.95. The number of ether oxygens (including phenoxy) is 1. The van der Waals surface area contributed by atoms with Crippen LogP contribution in [-0.4, -0.2) is 62.9 Å². The van der Waals surface area contributed by atoms with Gasteiger partial charge in [0.15, 0.2) is 5.54 Å². The number of H-pyrrole nitrogens is 1. The number of rotatable bonds is 6. The highest BCUT2D eigenvalue weighted by molar-refractivity contribution is 6.01. The van der Waals surface area contributed by atoms with Gasteiger partial charge in [-0.15, -0.1) is 0 Å². The highest BCUT2D eigenvalue weighted by atomic mass is 16.5. The van der Waals surface area contributed by atoms with Crippen LogP contribution >= 0.6 is 0 Å². The summed E-state index contributed by atoms with van der Waals surface area (Å²) in [4.78, 5) is 38.8. The number of aryl methyl sites for hydroxylation is 1. The number of nitrogens with zero attached hydrogens (tertiary/aromatic N) is 4. The number of fused-ring (bicyclic) bond motifs is 5. The first kappa shape index (κ1) is 22.4. The molecule has 2 aliphatic heterocycles. The highest BCUT2D eigenvalue weighted by Crippen LogP contribution is 2.49. The van der Waals surface area contributed by atoms with Gasteiger partial charge in [0.1, 0.15) is 5.75 Å². The summed E-state index contributed by atoms with van der Waals surface area (Å²) in [6, 6.07) is 16.1. The average Bonchev–Trinajstić information content (AvgIpc) is 3.56. The molecule has 1 saturated heterocycles. The Bertz CT molecular complexity index is 1440. The van der Waals surface area contributed by atoms with Gasteiger partial charge in [-0.05, 0) is 31.0 Å². The number of amides is 2. The average molecular weight is 484 g/mol. The Morgan fingerprint density at radius 3 is 2.72 bits per heavy atom. The van der Waals surface area contributed by atoms with Crippen molar-refractivity contribution in [2.24, 2.45) is 0 Å². The zero-order valence-corrected chi connectivity index (χ0v) is 20.5. The number of nitrogens with one attached hydrogen (secondary N) is 1. The number of carbonyl (C=O) groups excluding carboxylic acids is 2. The lowest BCUT2D eigenvalue weighted by molar-refractivity contribution is -0.166. The number of hydrogen-bond donors (Lipinski definition) is 1. The maximum Gasteiger partial charge on any atom is 0.254 e. The molecule has 2 amide bonds. The maximum atomic E-state index is 14.1. The largest absolute Gasteiger partial charge is 0.496 e. The van der Waals surface area contributed by atoms with Crippen LogP contribution in [0.4, 0.5) is 0 Å². The molecule has 2 atom stereocenters. The summed E-state index contributed by atoms with van der Waals surface area (Å²) in [6.45, 7) is 3.65. The van der Waals surface area contributed by atoms with Crippen molar-refractivity contribution in [1.29, 1.82) is 0 Å². The molecule has 6 rings (SSSR count). The number of methoxy groups -OCH3 is 1. The molecule has 0 spiro atoms. The summed E-state index contributed by atoms with van der Waals surface area (Å²) in [7, 11) is 1.67. The molecule has 1 N–H and O–H groups in total. The van der Waals surface area contributed by atoms with Gasteiger partial charge in [0.2, 0.25) is 5.91 Å². The van der Waals surface area contributed by atoms with Crippen molar-refractivity contribution < 1.29 is 14.3 Å². The second kappa shape index (κ2) is 8.55. The molecule has 4 heterocycles. The van der Waals surface area contributed by atoms with Crippen LogP contribution in [0.5, 0.6) is 5.75 Å². The second-order valence-electron chi connectivity index (χ2n) is 9.71. The van der Waals surface area contributed by atoms with Gasteiger partial charge in [-0.1, -0.05) is 36.4 Å². The van der Waals surface area contributed by atoms with Crippen LogP contribution < -0.4 is 4.74 Å². The highest BCUT2D eigenvalue weighted by Gasteiger charge is 2.56. The SMILES string of the molecule is COc1ccccc1C1CN2C(=O)CN(CCCn3ccnc3)C(=O)[C@]2(C)c2[nH]c3ccccc3c21. The third-order valence-electron chi connectivity index (χ3n) is 7.74. The number of benzene rings is 2. The van der Waals surface area contributed by atoms with E-state index in [1.54, 1.807) is 29.4 Å². The predicted octanol–water partition coefficient (Wildman–Crippen LogP) is 3.49. The summed E-state index contributed by atoms with van der Waals surface area (Å²) in [5, 5.41) is 1.07. The molecular formula is C28H29N5O3. The Morgan fingerprint density at radius 2 is 1.92 bits per heavy atom. The fraction of sp³-hybridized carbons (Fsp3) is 0.321. The van der Waals surface area contributed by atoms with E-state index in [0.717, 1.165) is 46.4 Å². The second-order valence-corrected chi connectivity index (χ2v) is 9.71. The van der Waals surface area contributed by atoms with Crippen molar-refractivity contribution >= 4 is 22.7 Å². The van der Waals surface area contributed by atoms with Gasteiger partial charge in [0.25, 0.3) is 5.91 Å². The van der Waals surface area contributed by atoms with E-state index >= 15 is 0 Å². The number of piperazine rings is 1. The van der Waals surface area contributed by atoms with Crippen molar-refractivity contribution in [3.8, 4) is 5.75 Å². The first-order valence-corrected chi connectivity index (χ1v) is 12.3. The van der Waals surface area contributed by atoms with Crippen LogP contribution in [0.2, 0.25) is 0 Å². The van der Waals surface area contributed by atoms with E-state index in [4.69, 9.17) is 4.74 Å². The summed E-state index contributed by atoms with van der Waals surface area (Å²) in [6.07, 6.45) is 6.16. The van der Waals surface area contributed by atoms with Crippen molar-refractivity contribution in [3.05, 3.63) is 84.1 Å². The standard InChI is InChI=1S/C28H29N5O3/c1-28-26-25(20-9-3-5-10-22(20)30-26)21(19-8-4-6-11-23(19)36-2)16-33(28)24(34)17-32(27(28)35)14-7-13-31-15-12-29-18-31/h3-6,8-12,15,18,21,30H,7,13-14,16-17H2,1-2H3/t21?,28-/m0/s1. The number of aromatic nitrogens is 3. The minimum absolute atomic E-state index is 0.0380. The molecule has 1 fully saturated rings. The normalized spacial score (nSPS) is 21.6. The fourth-order valence-electron chi connectivity index (χ4n) is 5.95. The van der Waals surface area contributed by atoms with Crippen LogP contribution in [-0.2, 0) is 21.7 Å². The molecule has 8 heteroatoms. The number of hydrogen-bond acceptors (Lipinski definition) is 4. The van der Waals surface area contributed by atoms with E-state index in [1.165, 1.54) is 0 Å². The van der Waals surface area contributed by atoms with Crippen LogP contribution in [0, 0.1) is 0 Å². The molecule has 0 radical (unpaired) electrons. The van der Waals surface area contributed by atoms with E-state index in [9.17, 15) is 9.59 Å². The summed E-state index contributed by atoms with van der Waals surface area (Å²) in [5.74, 6) is 0.576. The van der Waals surface area contributed by atoms with Crippen LogP contribution in [0.3, 0.4) is 0 Å². The molecule has 2 aromatic heterocycles. The topological polar surface area (TPSA) is 83.5 Å². The first-order chi connectivity index (χ1) is 17.5. The Balaban J connectivity index is 1.44. The molecule has 2 aliphatic rings. The third kappa shape index (κ3) is 3.31. The molecule has 0 saturated carbocycles. The number of aromatic amines is 1. The van der Waals surface area contributed by atoms with Gasteiger partial charge >= 0.3 is 0 Å². The predicted molar refractivity (Wildman–Crippen MR) is 136 cm³/mol.